The van der Waals surface area contributed by atoms with Gasteiger partial charge in [0.25, 0.3) is 17.5 Å². The number of carbonyl (C=O) groups is 2. The number of hydrogen-bond acceptors (Lipinski definition) is 5. The van der Waals surface area contributed by atoms with Gasteiger partial charge in [-0.15, -0.1) is 0 Å². The van der Waals surface area contributed by atoms with E-state index in [1.165, 1.54) is 24.3 Å². The quantitative estimate of drug-likeness (QED) is 0.445. The lowest BCUT2D eigenvalue weighted by Crippen LogP contribution is -2.34. The molecule has 0 atom stereocenters. The molecule has 0 radical (unpaired) electrons. The van der Waals surface area contributed by atoms with E-state index >= 15 is 0 Å². The molecule has 2 aromatic rings. The lowest BCUT2D eigenvalue weighted by Gasteiger charge is -2.04. The predicted molar refractivity (Wildman–Crippen MR) is 97.6 cm³/mol. The fourth-order valence-electron chi connectivity index (χ4n) is 1.90. The second-order valence-electron chi connectivity index (χ2n) is 4.95. The number of amides is 2. The topological polar surface area (TPSA) is 114 Å². The van der Waals surface area contributed by atoms with E-state index in [1.807, 2.05) is 0 Å². The number of halogens is 2. The molecule has 8 nitrogen and oxygen atoms in total. The van der Waals surface area contributed by atoms with Crippen LogP contribution in [0, 0.1) is 10.1 Å². The summed E-state index contributed by atoms with van der Waals surface area (Å²) in [6, 6.07) is 10.2. The first-order valence-electron chi connectivity index (χ1n) is 7.16. The monoisotopic (exact) mass is 394 g/mol. The number of hydrogen-bond donors (Lipinski definition) is 2. The van der Waals surface area contributed by atoms with Crippen LogP contribution in [0.1, 0.15) is 15.9 Å². The Balaban J connectivity index is 1.91. The lowest BCUT2D eigenvalue weighted by atomic mass is 10.2. The third-order valence-corrected chi connectivity index (χ3v) is 3.55. The lowest BCUT2D eigenvalue weighted by molar-refractivity contribution is -0.385. The van der Waals surface area contributed by atoms with Gasteiger partial charge in [0.1, 0.15) is 0 Å². The highest BCUT2D eigenvalue weighted by atomic mass is 35.5. The van der Waals surface area contributed by atoms with Crippen molar-refractivity contribution < 1.29 is 14.5 Å². The van der Waals surface area contributed by atoms with Gasteiger partial charge in [0.15, 0.2) is 0 Å². The van der Waals surface area contributed by atoms with E-state index < -0.39 is 16.7 Å². The SMILES string of the molecule is O=C(CNC(=O)c1cccc(Cl)c1)NN=Cc1cc(Cl)ccc1[N+](=O)[O-]. The maximum Gasteiger partial charge on any atom is 0.278 e. The van der Waals surface area contributed by atoms with Crippen molar-refractivity contribution >= 4 is 46.9 Å². The van der Waals surface area contributed by atoms with Crippen LogP contribution in [0.15, 0.2) is 47.6 Å². The minimum Gasteiger partial charge on any atom is -0.343 e. The van der Waals surface area contributed by atoms with Crippen molar-refractivity contribution in [3.05, 3.63) is 73.8 Å². The number of nitro groups is 1. The normalized spacial score (nSPS) is 10.5. The van der Waals surface area contributed by atoms with Gasteiger partial charge in [-0.1, -0.05) is 29.3 Å². The Morgan fingerprint density at radius 3 is 2.58 bits per heavy atom. The van der Waals surface area contributed by atoms with Crippen LogP contribution in [0.25, 0.3) is 0 Å². The molecule has 0 aliphatic heterocycles. The summed E-state index contributed by atoms with van der Waals surface area (Å²) in [6.07, 6.45) is 1.10. The van der Waals surface area contributed by atoms with E-state index in [9.17, 15) is 19.7 Å². The number of hydrazone groups is 1. The molecule has 0 saturated carbocycles. The van der Waals surface area contributed by atoms with Crippen LogP contribution in [-0.4, -0.2) is 29.5 Å². The highest BCUT2D eigenvalue weighted by Gasteiger charge is 2.12. The molecule has 0 aromatic heterocycles. The molecule has 2 amide bonds. The minimum absolute atomic E-state index is 0.130. The first kappa shape index (κ1) is 19.4. The first-order valence-corrected chi connectivity index (χ1v) is 7.92. The van der Waals surface area contributed by atoms with Gasteiger partial charge in [-0.3, -0.25) is 19.7 Å². The van der Waals surface area contributed by atoms with Crippen LogP contribution in [0.5, 0.6) is 0 Å². The van der Waals surface area contributed by atoms with Crippen molar-refractivity contribution in [2.24, 2.45) is 5.10 Å². The molecular weight excluding hydrogens is 383 g/mol. The minimum atomic E-state index is -0.610. The van der Waals surface area contributed by atoms with Gasteiger partial charge in [0.05, 0.1) is 23.2 Å². The van der Waals surface area contributed by atoms with Gasteiger partial charge in [0, 0.05) is 21.7 Å². The van der Waals surface area contributed by atoms with E-state index in [4.69, 9.17) is 23.2 Å². The number of carbonyl (C=O) groups excluding carboxylic acids is 2. The fraction of sp³-hybridized carbons (Fsp3) is 0.0625. The van der Waals surface area contributed by atoms with Crippen LogP contribution >= 0.6 is 23.2 Å². The number of benzene rings is 2. The zero-order valence-corrected chi connectivity index (χ0v) is 14.6. The van der Waals surface area contributed by atoms with Crippen LogP contribution in [0.2, 0.25) is 10.0 Å². The molecule has 0 saturated heterocycles. The second kappa shape index (κ2) is 8.93. The van der Waals surface area contributed by atoms with Crippen LogP contribution in [0.3, 0.4) is 0 Å². The molecule has 0 fully saturated rings. The van der Waals surface area contributed by atoms with Crippen LogP contribution in [0.4, 0.5) is 5.69 Å². The molecule has 0 aliphatic rings. The summed E-state index contributed by atoms with van der Waals surface area (Å²) in [4.78, 5) is 33.9. The molecule has 2 aromatic carbocycles. The van der Waals surface area contributed by atoms with Crippen molar-refractivity contribution in [2.75, 3.05) is 6.54 Å². The average molecular weight is 395 g/mol. The van der Waals surface area contributed by atoms with Crippen molar-refractivity contribution in [3.8, 4) is 0 Å². The van der Waals surface area contributed by atoms with Crippen molar-refractivity contribution in [3.63, 3.8) is 0 Å². The van der Waals surface area contributed by atoms with Crippen LogP contribution in [-0.2, 0) is 4.79 Å². The number of nitrogens with one attached hydrogen (secondary N) is 2. The molecular formula is C16H12Cl2N4O4. The maximum atomic E-state index is 11.9. The number of nitrogens with zero attached hydrogens (tertiary/aromatic N) is 2. The van der Waals surface area contributed by atoms with Gasteiger partial charge in [0.2, 0.25) is 0 Å². The Morgan fingerprint density at radius 1 is 1.15 bits per heavy atom. The Bertz CT molecular complexity index is 886. The maximum absolute atomic E-state index is 11.9. The smallest absolute Gasteiger partial charge is 0.278 e. The highest BCUT2D eigenvalue weighted by Crippen LogP contribution is 2.20. The van der Waals surface area contributed by atoms with Gasteiger partial charge < -0.3 is 5.32 Å². The molecule has 134 valence electrons. The van der Waals surface area contributed by atoms with Gasteiger partial charge in [-0.25, -0.2) is 5.43 Å². The molecule has 0 spiro atoms. The molecule has 10 heteroatoms. The molecule has 2 rings (SSSR count). The van der Waals surface area contributed by atoms with E-state index in [1.54, 1.807) is 18.2 Å². The molecule has 0 aliphatic carbocycles. The highest BCUT2D eigenvalue weighted by molar-refractivity contribution is 6.31. The van der Waals surface area contributed by atoms with Gasteiger partial charge in [-0.2, -0.15) is 5.10 Å². The fourth-order valence-corrected chi connectivity index (χ4v) is 2.27. The Labute approximate surface area is 157 Å². The number of nitro benzene ring substituents is 1. The summed E-state index contributed by atoms with van der Waals surface area (Å²) in [5.74, 6) is -1.08. The molecule has 0 bridgehead atoms. The van der Waals surface area contributed by atoms with Gasteiger partial charge >= 0.3 is 0 Å². The van der Waals surface area contributed by atoms with E-state index in [0.717, 1.165) is 6.21 Å². The van der Waals surface area contributed by atoms with E-state index in [-0.39, 0.29) is 22.8 Å². The Hall–Kier alpha value is -2.97. The summed E-state index contributed by atoms with van der Waals surface area (Å²) >= 11 is 11.6. The zero-order valence-electron chi connectivity index (χ0n) is 13.1. The average Bonchev–Trinajstić information content (AvgIpc) is 2.59. The zero-order chi connectivity index (χ0) is 19.1. The van der Waals surface area contributed by atoms with Crippen molar-refractivity contribution in [1.82, 2.24) is 10.7 Å². The van der Waals surface area contributed by atoms with Gasteiger partial charge in [-0.05, 0) is 30.3 Å². The van der Waals surface area contributed by atoms with Crippen molar-refractivity contribution in [2.45, 2.75) is 0 Å². The second-order valence-corrected chi connectivity index (χ2v) is 5.82. The predicted octanol–water partition coefficient (Wildman–Crippen LogP) is 2.78. The summed E-state index contributed by atoms with van der Waals surface area (Å²) in [5, 5.41) is 17.6. The molecule has 26 heavy (non-hydrogen) atoms. The van der Waals surface area contributed by atoms with Crippen LogP contribution < -0.4 is 10.7 Å². The number of rotatable bonds is 6. The Kier molecular flexibility index (Phi) is 6.65. The van der Waals surface area contributed by atoms with E-state index in [2.05, 4.69) is 15.8 Å². The summed E-state index contributed by atoms with van der Waals surface area (Å²) in [5.41, 5.74) is 2.39. The molecule has 0 heterocycles. The molecule has 0 unspecified atom stereocenters. The third kappa shape index (κ3) is 5.54. The van der Waals surface area contributed by atoms with Crippen molar-refractivity contribution in [1.29, 1.82) is 0 Å². The standard InChI is InChI=1S/C16H12Cl2N4O4/c17-12-3-1-2-10(6-12)16(24)19-9-15(23)21-20-8-11-7-13(18)4-5-14(11)22(25)26/h1-8H,9H2,(H,19,24)(H,21,23). The summed E-state index contributed by atoms with van der Waals surface area (Å²) < 4.78 is 0. The summed E-state index contributed by atoms with van der Waals surface area (Å²) in [6.45, 7) is -0.333. The third-order valence-electron chi connectivity index (χ3n) is 3.08. The molecule has 2 N–H and O–H groups in total. The Morgan fingerprint density at radius 2 is 1.88 bits per heavy atom. The largest absolute Gasteiger partial charge is 0.343 e. The van der Waals surface area contributed by atoms with E-state index in [0.29, 0.717) is 10.6 Å². The first-order chi connectivity index (χ1) is 12.4. The summed E-state index contributed by atoms with van der Waals surface area (Å²) in [7, 11) is 0.